The van der Waals surface area contributed by atoms with Crippen molar-refractivity contribution in [3.8, 4) is 0 Å². The first-order valence-corrected chi connectivity index (χ1v) is 7.03. The minimum atomic E-state index is 0.428. The van der Waals surface area contributed by atoms with Crippen molar-refractivity contribution in [2.45, 2.75) is 70.4 Å². The Bertz CT molecular complexity index is 166. The summed E-state index contributed by atoms with van der Waals surface area (Å²) in [6, 6.07) is 0.549. The van der Waals surface area contributed by atoms with Crippen LogP contribution in [0.3, 0.4) is 0 Å². The van der Waals surface area contributed by atoms with Gasteiger partial charge in [-0.15, -0.1) is 0 Å². The number of hydrogen-bond acceptors (Lipinski definition) is 2. The molecule has 2 heteroatoms. The third-order valence-corrected chi connectivity index (χ3v) is 4.02. The Morgan fingerprint density at radius 3 is 2.44 bits per heavy atom. The third kappa shape index (κ3) is 4.06. The number of hydrogen-bond donors (Lipinski definition) is 1. The lowest BCUT2D eigenvalue weighted by molar-refractivity contribution is 0.00750. The summed E-state index contributed by atoms with van der Waals surface area (Å²) >= 11 is 0. The van der Waals surface area contributed by atoms with E-state index >= 15 is 0 Å². The first kappa shape index (κ1) is 14.0. The van der Waals surface area contributed by atoms with E-state index < -0.39 is 0 Å². The summed E-state index contributed by atoms with van der Waals surface area (Å²) < 4.78 is 5.78. The Balaban J connectivity index is 2.47. The van der Waals surface area contributed by atoms with Crippen LogP contribution in [0.5, 0.6) is 0 Å². The predicted molar refractivity (Wildman–Crippen MR) is 69.7 cm³/mol. The first-order valence-electron chi connectivity index (χ1n) is 7.03. The lowest BCUT2D eigenvalue weighted by Crippen LogP contribution is -2.44. The van der Waals surface area contributed by atoms with Crippen molar-refractivity contribution in [2.75, 3.05) is 14.2 Å². The molecule has 1 fully saturated rings. The number of nitrogens with one attached hydrogen (secondary N) is 1. The molecule has 0 radical (unpaired) electrons. The number of rotatable bonds is 7. The van der Waals surface area contributed by atoms with Gasteiger partial charge in [-0.25, -0.2) is 0 Å². The van der Waals surface area contributed by atoms with Gasteiger partial charge >= 0.3 is 0 Å². The number of likely N-dealkylation sites (N-methyl/N-ethyl adjacent to an activating group) is 1. The maximum absolute atomic E-state index is 5.78. The van der Waals surface area contributed by atoms with Gasteiger partial charge in [0, 0.05) is 13.2 Å². The molecule has 0 aromatic carbocycles. The summed E-state index contributed by atoms with van der Waals surface area (Å²) in [7, 11) is 3.96. The normalized spacial score (nSPS) is 21.9. The Kier molecular flexibility index (Phi) is 7.06. The first-order chi connectivity index (χ1) is 7.83. The smallest absolute Gasteiger partial charge is 0.0752 e. The minimum Gasteiger partial charge on any atom is -0.380 e. The maximum atomic E-state index is 5.78. The average Bonchev–Trinajstić information content (AvgIpc) is 2.35. The van der Waals surface area contributed by atoms with Crippen molar-refractivity contribution in [1.29, 1.82) is 0 Å². The van der Waals surface area contributed by atoms with E-state index in [1.807, 2.05) is 7.11 Å². The van der Waals surface area contributed by atoms with Gasteiger partial charge in [0.1, 0.15) is 0 Å². The molecule has 0 aromatic heterocycles. The SMILES string of the molecule is CCCCC(NC)C(OC)C1CCCCC1. The van der Waals surface area contributed by atoms with E-state index in [0.29, 0.717) is 12.1 Å². The quantitative estimate of drug-likeness (QED) is 0.720. The molecule has 1 N–H and O–H groups in total. The molecular weight excluding hydrogens is 198 g/mol. The van der Waals surface area contributed by atoms with E-state index in [2.05, 4.69) is 19.3 Å². The van der Waals surface area contributed by atoms with Crippen molar-refractivity contribution >= 4 is 0 Å². The lowest BCUT2D eigenvalue weighted by atomic mass is 9.81. The fraction of sp³-hybridized carbons (Fsp3) is 1.00. The van der Waals surface area contributed by atoms with Crippen LogP contribution in [-0.2, 0) is 4.74 Å². The highest BCUT2D eigenvalue weighted by molar-refractivity contribution is 4.83. The molecule has 2 atom stereocenters. The van der Waals surface area contributed by atoms with Crippen molar-refractivity contribution in [1.82, 2.24) is 5.32 Å². The van der Waals surface area contributed by atoms with Crippen molar-refractivity contribution < 1.29 is 4.74 Å². The number of ether oxygens (including phenoxy) is 1. The van der Waals surface area contributed by atoms with Crippen LogP contribution in [0.15, 0.2) is 0 Å². The van der Waals surface area contributed by atoms with Crippen LogP contribution in [0.4, 0.5) is 0 Å². The highest BCUT2D eigenvalue weighted by atomic mass is 16.5. The van der Waals surface area contributed by atoms with Crippen molar-refractivity contribution in [3.63, 3.8) is 0 Å². The molecule has 1 saturated carbocycles. The summed E-state index contributed by atoms with van der Waals surface area (Å²) in [6.07, 6.45) is 11.2. The van der Waals surface area contributed by atoms with E-state index in [0.717, 1.165) is 5.92 Å². The zero-order chi connectivity index (χ0) is 11.8. The Hall–Kier alpha value is -0.0800. The zero-order valence-corrected chi connectivity index (χ0v) is 11.3. The van der Waals surface area contributed by atoms with Crippen LogP contribution in [0.1, 0.15) is 58.3 Å². The highest BCUT2D eigenvalue weighted by Gasteiger charge is 2.29. The monoisotopic (exact) mass is 227 g/mol. The van der Waals surface area contributed by atoms with E-state index in [9.17, 15) is 0 Å². The van der Waals surface area contributed by atoms with Crippen LogP contribution < -0.4 is 5.32 Å². The van der Waals surface area contributed by atoms with E-state index in [-0.39, 0.29) is 0 Å². The molecule has 0 aliphatic heterocycles. The standard InChI is InChI=1S/C14H29NO/c1-4-5-11-13(15-2)14(16-3)12-9-7-6-8-10-12/h12-15H,4-11H2,1-3H3. The summed E-state index contributed by atoms with van der Waals surface area (Å²) in [4.78, 5) is 0. The van der Waals surface area contributed by atoms with Gasteiger partial charge in [0.2, 0.25) is 0 Å². The molecule has 16 heavy (non-hydrogen) atoms. The topological polar surface area (TPSA) is 21.3 Å². The van der Waals surface area contributed by atoms with Gasteiger partial charge in [0.25, 0.3) is 0 Å². The average molecular weight is 227 g/mol. The molecule has 0 spiro atoms. The molecule has 1 aliphatic carbocycles. The van der Waals surface area contributed by atoms with Gasteiger partial charge in [-0.2, -0.15) is 0 Å². The van der Waals surface area contributed by atoms with Crippen molar-refractivity contribution in [2.24, 2.45) is 5.92 Å². The van der Waals surface area contributed by atoms with Gasteiger partial charge in [-0.05, 0) is 32.2 Å². The van der Waals surface area contributed by atoms with Crippen molar-refractivity contribution in [3.05, 3.63) is 0 Å². The number of methoxy groups -OCH3 is 1. The van der Waals surface area contributed by atoms with E-state index in [1.165, 1.54) is 51.4 Å². The van der Waals surface area contributed by atoms with Gasteiger partial charge < -0.3 is 10.1 Å². The molecule has 0 heterocycles. The second-order valence-corrected chi connectivity index (χ2v) is 5.14. The maximum Gasteiger partial charge on any atom is 0.0752 e. The summed E-state index contributed by atoms with van der Waals surface area (Å²) in [5.74, 6) is 0.785. The minimum absolute atomic E-state index is 0.428. The largest absolute Gasteiger partial charge is 0.380 e. The Labute approximate surface area is 101 Å². The molecule has 0 saturated heterocycles. The molecule has 1 rings (SSSR count). The third-order valence-electron chi connectivity index (χ3n) is 4.02. The Morgan fingerprint density at radius 1 is 1.25 bits per heavy atom. The molecule has 96 valence electrons. The second kappa shape index (κ2) is 8.08. The van der Waals surface area contributed by atoms with Gasteiger partial charge in [0.15, 0.2) is 0 Å². The fourth-order valence-electron chi connectivity index (χ4n) is 3.04. The van der Waals surface area contributed by atoms with Crippen LogP contribution in [0.2, 0.25) is 0 Å². The fourth-order valence-corrected chi connectivity index (χ4v) is 3.04. The zero-order valence-electron chi connectivity index (χ0n) is 11.3. The van der Waals surface area contributed by atoms with E-state index in [1.54, 1.807) is 0 Å². The second-order valence-electron chi connectivity index (χ2n) is 5.14. The van der Waals surface area contributed by atoms with Crippen LogP contribution in [0.25, 0.3) is 0 Å². The van der Waals surface area contributed by atoms with Gasteiger partial charge in [0.05, 0.1) is 6.10 Å². The molecule has 2 unspecified atom stereocenters. The number of unbranched alkanes of at least 4 members (excludes halogenated alkanes) is 1. The summed E-state index contributed by atoms with van der Waals surface area (Å²) in [5.41, 5.74) is 0. The molecular formula is C14H29NO. The van der Waals surface area contributed by atoms with Gasteiger partial charge in [-0.3, -0.25) is 0 Å². The van der Waals surface area contributed by atoms with Crippen LogP contribution >= 0.6 is 0 Å². The van der Waals surface area contributed by atoms with Crippen LogP contribution in [0, 0.1) is 5.92 Å². The Morgan fingerprint density at radius 2 is 1.94 bits per heavy atom. The molecule has 0 bridgehead atoms. The molecule has 1 aliphatic rings. The highest BCUT2D eigenvalue weighted by Crippen LogP contribution is 2.30. The van der Waals surface area contributed by atoms with E-state index in [4.69, 9.17) is 4.74 Å². The molecule has 2 nitrogen and oxygen atoms in total. The van der Waals surface area contributed by atoms with Crippen LogP contribution in [-0.4, -0.2) is 26.3 Å². The van der Waals surface area contributed by atoms with Gasteiger partial charge in [-0.1, -0.05) is 39.0 Å². The molecule has 0 aromatic rings. The predicted octanol–water partition coefficient (Wildman–Crippen LogP) is 3.36. The molecule has 0 amide bonds. The summed E-state index contributed by atoms with van der Waals surface area (Å²) in [6.45, 7) is 2.26. The summed E-state index contributed by atoms with van der Waals surface area (Å²) in [5, 5.41) is 3.46. The lowest BCUT2D eigenvalue weighted by Gasteiger charge is -2.34.